The first kappa shape index (κ1) is 13.5. The number of benzene rings is 1. The maximum Gasteiger partial charge on any atom is 0.405 e. The molecule has 0 radical (unpaired) electrons. The van der Waals surface area contributed by atoms with Crippen LogP contribution in [0.4, 0.5) is 17.6 Å². The van der Waals surface area contributed by atoms with E-state index in [2.05, 4.69) is 0 Å². The number of rotatable bonds is 2. The Hall–Kier alpha value is -1.59. The van der Waals surface area contributed by atoms with Gasteiger partial charge in [-0.15, -0.1) is 0 Å². The van der Waals surface area contributed by atoms with E-state index in [9.17, 15) is 22.4 Å². The molecule has 0 atom stereocenters. The van der Waals surface area contributed by atoms with Crippen molar-refractivity contribution in [3.63, 3.8) is 0 Å². The van der Waals surface area contributed by atoms with Crippen molar-refractivity contribution < 1.29 is 22.4 Å². The number of hydrogen-bond acceptors (Lipinski definition) is 1. The molecule has 0 saturated carbocycles. The van der Waals surface area contributed by atoms with Crippen molar-refractivity contribution in [1.82, 2.24) is 5.32 Å². The van der Waals surface area contributed by atoms with Crippen LogP contribution in [0.5, 0.6) is 0 Å². The predicted molar refractivity (Wildman–Crippen MR) is 54.3 cm³/mol. The van der Waals surface area contributed by atoms with E-state index in [1.807, 2.05) is 0 Å². The van der Waals surface area contributed by atoms with Crippen LogP contribution >= 0.6 is 0 Å². The largest absolute Gasteiger partial charge is 0.405 e. The Morgan fingerprint density at radius 3 is 2.35 bits per heavy atom. The Morgan fingerprint density at radius 1 is 1.24 bits per heavy atom. The SMILES string of the molecule is Cc1cc(C(=O)NCC(F)(F)F)c(C)cc1F. The molecule has 0 aliphatic heterocycles. The molecule has 1 N–H and O–H groups in total. The van der Waals surface area contributed by atoms with E-state index in [-0.39, 0.29) is 11.1 Å². The van der Waals surface area contributed by atoms with Crippen LogP contribution in [0.2, 0.25) is 0 Å². The normalized spacial score (nSPS) is 11.4. The van der Waals surface area contributed by atoms with Crippen LogP contribution in [0.15, 0.2) is 12.1 Å². The second-order valence-electron chi connectivity index (χ2n) is 3.71. The molecule has 0 aliphatic carbocycles. The van der Waals surface area contributed by atoms with Gasteiger partial charge in [-0.25, -0.2) is 4.39 Å². The molecule has 0 aliphatic rings. The van der Waals surface area contributed by atoms with Crippen molar-refractivity contribution in [3.8, 4) is 0 Å². The fourth-order valence-corrected chi connectivity index (χ4v) is 1.30. The quantitative estimate of drug-likeness (QED) is 0.802. The number of amides is 1. The van der Waals surface area contributed by atoms with Gasteiger partial charge in [0.05, 0.1) is 0 Å². The van der Waals surface area contributed by atoms with Crippen molar-refractivity contribution in [1.29, 1.82) is 0 Å². The number of carbonyl (C=O) groups is 1. The average molecular weight is 249 g/mol. The first-order chi connectivity index (χ1) is 7.70. The van der Waals surface area contributed by atoms with E-state index < -0.39 is 24.4 Å². The average Bonchev–Trinajstić information content (AvgIpc) is 2.19. The van der Waals surface area contributed by atoms with Crippen molar-refractivity contribution in [2.45, 2.75) is 20.0 Å². The van der Waals surface area contributed by atoms with E-state index in [0.717, 1.165) is 6.07 Å². The minimum atomic E-state index is -4.46. The lowest BCUT2D eigenvalue weighted by Gasteiger charge is -2.11. The van der Waals surface area contributed by atoms with Crippen LogP contribution in [0.25, 0.3) is 0 Å². The van der Waals surface area contributed by atoms with Crippen molar-refractivity contribution in [2.75, 3.05) is 6.54 Å². The molecule has 0 unspecified atom stereocenters. The molecule has 0 bridgehead atoms. The van der Waals surface area contributed by atoms with E-state index in [4.69, 9.17) is 0 Å². The fourth-order valence-electron chi connectivity index (χ4n) is 1.30. The zero-order valence-corrected chi connectivity index (χ0v) is 9.28. The highest BCUT2D eigenvalue weighted by molar-refractivity contribution is 5.95. The first-order valence-corrected chi connectivity index (χ1v) is 4.82. The van der Waals surface area contributed by atoms with Gasteiger partial charge in [-0.3, -0.25) is 4.79 Å². The van der Waals surface area contributed by atoms with Gasteiger partial charge in [0, 0.05) is 5.56 Å². The van der Waals surface area contributed by atoms with Crippen LogP contribution in [-0.4, -0.2) is 18.6 Å². The van der Waals surface area contributed by atoms with Gasteiger partial charge in [-0.05, 0) is 37.1 Å². The smallest absolute Gasteiger partial charge is 0.343 e. The lowest BCUT2D eigenvalue weighted by atomic mass is 10.0. The minimum absolute atomic E-state index is 0.0492. The van der Waals surface area contributed by atoms with Gasteiger partial charge in [0.15, 0.2) is 0 Å². The molecule has 1 rings (SSSR count). The molecule has 0 saturated heterocycles. The lowest BCUT2D eigenvalue weighted by molar-refractivity contribution is -0.123. The molecule has 17 heavy (non-hydrogen) atoms. The van der Waals surface area contributed by atoms with Gasteiger partial charge in [0.2, 0.25) is 0 Å². The summed E-state index contributed by atoms with van der Waals surface area (Å²) in [5.41, 5.74) is 0.564. The standard InChI is InChI=1S/C11H11F4NO/c1-6-4-9(12)7(2)3-8(6)10(17)16-5-11(13,14)15/h3-4H,5H2,1-2H3,(H,16,17). The summed E-state index contributed by atoms with van der Waals surface area (Å²) in [7, 11) is 0. The van der Waals surface area contributed by atoms with Gasteiger partial charge in [0.25, 0.3) is 5.91 Å². The Labute approximate surface area is 95.6 Å². The number of nitrogens with one attached hydrogen (secondary N) is 1. The number of hydrogen-bond donors (Lipinski definition) is 1. The third-order valence-corrected chi connectivity index (χ3v) is 2.20. The van der Waals surface area contributed by atoms with Crippen LogP contribution in [0, 0.1) is 19.7 Å². The summed E-state index contributed by atoms with van der Waals surface area (Å²) in [5.74, 6) is -1.35. The molecule has 2 nitrogen and oxygen atoms in total. The summed E-state index contributed by atoms with van der Waals surface area (Å²) in [6.45, 7) is 1.50. The Bertz CT molecular complexity index is 440. The van der Waals surface area contributed by atoms with E-state index in [0.29, 0.717) is 5.56 Å². The Morgan fingerprint density at radius 2 is 1.82 bits per heavy atom. The summed E-state index contributed by atoms with van der Waals surface area (Å²) in [6.07, 6.45) is -4.46. The maximum absolute atomic E-state index is 13.1. The maximum atomic E-state index is 13.1. The summed E-state index contributed by atoms with van der Waals surface area (Å²) in [6, 6.07) is 2.36. The molecular formula is C11H11F4NO. The van der Waals surface area contributed by atoms with Crippen LogP contribution in [-0.2, 0) is 0 Å². The minimum Gasteiger partial charge on any atom is -0.343 e. The van der Waals surface area contributed by atoms with Gasteiger partial charge in [-0.1, -0.05) is 0 Å². The number of carbonyl (C=O) groups excluding carboxylic acids is 1. The van der Waals surface area contributed by atoms with Gasteiger partial charge in [0.1, 0.15) is 12.4 Å². The van der Waals surface area contributed by atoms with Crippen LogP contribution in [0.3, 0.4) is 0 Å². The third-order valence-electron chi connectivity index (χ3n) is 2.20. The van der Waals surface area contributed by atoms with E-state index in [1.165, 1.54) is 19.9 Å². The fraction of sp³-hybridized carbons (Fsp3) is 0.364. The molecule has 6 heteroatoms. The summed E-state index contributed by atoms with van der Waals surface area (Å²) in [4.78, 5) is 11.4. The van der Waals surface area contributed by atoms with Crippen LogP contribution in [0.1, 0.15) is 21.5 Å². The van der Waals surface area contributed by atoms with Crippen LogP contribution < -0.4 is 5.32 Å². The number of halogens is 4. The molecule has 0 heterocycles. The molecule has 0 fully saturated rings. The zero-order chi connectivity index (χ0) is 13.2. The van der Waals surface area contributed by atoms with E-state index >= 15 is 0 Å². The molecule has 1 amide bonds. The Kier molecular flexibility index (Phi) is 3.75. The summed E-state index contributed by atoms with van der Waals surface area (Å²) < 4.78 is 48.8. The second-order valence-corrected chi connectivity index (χ2v) is 3.71. The molecule has 1 aromatic rings. The van der Waals surface area contributed by atoms with Gasteiger partial charge >= 0.3 is 6.18 Å². The predicted octanol–water partition coefficient (Wildman–Crippen LogP) is 2.73. The van der Waals surface area contributed by atoms with E-state index in [1.54, 1.807) is 5.32 Å². The molecule has 94 valence electrons. The first-order valence-electron chi connectivity index (χ1n) is 4.82. The highest BCUT2D eigenvalue weighted by Crippen LogP contribution is 2.16. The van der Waals surface area contributed by atoms with Crippen molar-refractivity contribution in [2.24, 2.45) is 0 Å². The molecule has 0 spiro atoms. The monoisotopic (exact) mass is 249 g/mol. The highest BCUT2D eigenvalue weighted by atomic mass is 19.4. The summed E-state index contributed by atoms with van der Waals surface area (Å²) in [5, 5.41) is 1.74. The molecule has 0 aromatic heterocycles. The lowest BCUT2D eigenvalue weighted by Crippen LogP contribution is -2.34. The topological polar surface area (TPSA) is 29.1 Å². The summed E-state index contributed by atoms with van der Waals surface area (Å²) >= 11 is 0. The molecular weight excluding hydrogens is 238 g/mol. The zero-order valence-electron chi connectivity index (χ0n) is 9.28. The van der Waals surface area contributed by atoms with Gasteiger partial charge in [-0.2, -0.15) is 13.2 Å². The number of aryl methyl sites for hydroxylation is 2. The molecule has 1 aromatic carbocycles. The van der Waals surface area contributed by atoms with Gasteiger partial charge < -0.3 is 5.32 Å². The Balaban J connectivity index is 2.86. The van der Waals surface area contributed by atoms with Crippen molar-refractivity contribution in [3.05, 3.63) is 34.6 Å². The number of alkyl halides is 3. The second kappa shape index (κ2) is 4.73. The van der Waals surface area contributed by atoms with Crippen molar-refractivity contribution >= 4 is 5.91 Å². The third kappa shape index (κ3) is 3.72. The highest BCUT2D eigenvalue weighted by Gasteiger charge is 2.28.